The van der Waals surface area contributed by atoms with Crippen LogP contribution in [0, 0.1) is 0 Å². The number of ether oxygens (including phenoxy) is 2. The van der Waals surface area contributed by atoms with Gasteiger partial charge in [-0.05, 0) is 37.5 Å². The summed E-state index contributed by atoms with van der Waals surface area (Å²) in [6.45, 7) is 7.37. The van der Waals surface area contributed by atoms with Crippen LogP contribution in [0.15, 0.2) is 29.3 Å². The van der Waals surface area contributed by atoms with Gasteiger partial charge in [0.25, 0.3) is 0 Å². The van der Waals surface area contributed by atoms with E-state index < -0.39 is 5.60 Å². The Kier molecular flexibility index (Phi) is 11.3. The van der Waals surface area contributed by atoms with Gasteiger partial charge in [-0.15, -0.1) is 24.0 Å². The van der Waals surface area contributed by atoms with Crippen LogP contribution in [0.1, 0.15) is 50.6 Å². The third-order valence-electron chi connectivity index (χ3n) is 6.11. The number of nitrogens with one attached hydrogen (secondary N) is 2. The molecular formula is C23H39IN4O3. The van der Waals surface area contributed by atoms with Gasteiger partial charge >= 0.3 is 0 Å². The molecule has 1 aliphatic heterocycles. The Morgan fingerprint density at radius 2 is 1.84 bits per heavy atom. The van der Waals surface area contributed by atoms with Crippen molar-refractivity contribution in [3.8, 4) is 5.75 Å². The molecule has 1 saturated carbocycles. The highest BCUT2D eigenvalue weighted by atomic mass is 127. The van der Waals surface area contributed by atoms with Gasteiger partial charge in [-0.25, -0.2) is 0 Å². The lowest BCUT2D eigenvalue weighted by molar-refractivity contribution is 0.0129. The Morgan fingerprint density at radius 3 is 2.45 bits per heavy atom. The Labute approximate surface area is 204 Å². The highest BCUT2D eigenvalue weighted by molar-refractivity contribution is 14.0. The number of methoxy groups -OCH3 is 1. The summed E-state index contributed by atoms with van der Waals surface area (Å²) in [6, 6.07) is 8.51. The number of hydrogen-bond donors (Lipinski definition) is 3. The molecule has 2 fully saturated rings. The van der Waals surface area contributed by atoms with E-state index in [4.69, 9.17) is 14.5 Å². The monoisotopic (exact) mass is 546 g/mol. The first kappa shape index (κ1) is 26.2. The van der Waals surface area contributed by atoms with Crippen LogP contribution in [0.4, 0.5) is 0 Å². The zero-order chi connectivity index (χ0) is 21.2. The molecule has 7 nitrogen and oxygen atoms in total. The predicted octanol–water partition coefficient (Wildman–Crippen LogP) is 2.94. The summed E-state index contributed by atoms with van der Waals surface area (Å²) >= 11 is 0. The number of hydrogen-bond acceptors (Lipinski definition) is 5. The molecule has 1 aromatic rings. The lowest BCUT2D eigenvalue weighted by Gasteiger charge is -2.35. The third kappa shape index (κ3) is 8.07. The maximum atomic E-state index is 10.8. The summed E-state index contributed by atoms with van der Waals surface area (Å²) < 4.78 is 10.9. The zero-order valence-electron chi connectivity index (χ0n) is 18.9. The van der Waals surface area contributed by atoms with Crippen molar-refractivity contribution in [2.45, 2.75) is 50.7 Å². The molecule has 1 aromatic carbocycles. The summed E-state index contributed by atoms with van der Waals surface area (Å²) in [5.74, 6) is 1.63. The molecule has 1 unspecified atom stereocenters. The third-order valence-corrected chi connectivity index (χ3v) is 6.11. The van der Waals surface area contributed by atoms with Gasteiger partial charge in [0, 0.05) is 26.2 Å². The van der Waals surface area contributed by atoms with Crippen molar-refractivity contribution in [3.63, 3.8) is 0 Å². The van der Waals surface area contributed by atoms with Crippen LogP contribution in [0.25, 0.3) is 0 Å². The second kappa shape index (κ2) is 13.4. The molecule has 2 aliphatic rings. The molecule has 3 N–H and O–H groups in total. The number of nitrogens with zero attached hydrogens (tertiary/aromatic N) is 2. The standard InChI is InChI=1S/C23H38N4O3.HI/c1-3-24-22(26-18-23(28)11-5-4-6-12-23)25-17-21(27-13-15-30-16-14-27)19-7-9-20(29-2)10-8-19;/h7-10,21,28H,3-6,11-18H2,1-2H3,(H2,24,25,26);1H. The number of rotatable bonds is 8. The van der Waals surface area contributed by atoms with Gasteiger partial charge in [0.15, 0.2) is 5.96 Å². The van der Waals surface area contributed by atoms with Crippen molar-refractivity contribution >= 4 is 29.9 Å². The summed E-state index contributed by atoms with van der Waals surface area (Å²) in [6.07, 6.45) is 5.09. The molecule has 1 aliphatic carbocycles. The molecule has 0 spiro atoms. The largest absolute Gasteiger partial charge is 0.497 e. The Bertz CT molecular complexity index is 659. The molecule has 1 atom stereocenters. The van der Waals surface area contributed by atoms with Crippen LogP contribution in [-0.2, 0) is 4.74 Å². The normalized spacial score (nSPS) is 20.4. The van der Waals surface area contributed by atoms with E-state index in [1.807, 2.05) is 12.1 Å². The molecule has 31 heavy (non-hydrogen) atoms. The van der Waals surface area contributed by atoms with E-state index in [9.17, 15) is 5.11 Å². The summed E-state index contributed by atoms with van der Waals surface area (Å²) in [7, 11) is 1.69. The first-order valence-corrected chi connectivity index (χ1v) is 11.3. The minimum absolute atomic E-state index is 0. The van der Waals surface area contributed by atoms with Crippen LogP contribution in [0.2, 0.25) is 0 Å². The molecular weight excluding hydrogens is 507 g/mol. The number of benzene rings is 1. The minimum Gasteiger partial charge on any atom is -0.497 e. The lowest BCUT2D eigenvalue weighted by atomic mass is 9.85. The quantitative estimate of drug-likeness (QED) is 0.265. The van der Waals surface area contributed by atoms with E-state index in [1.165, 1.54) is 12.0 Å². The van der Waals surface area contributed by atoms with E-state index in [0.29, 0.717) is 6.54 Å². The maximum Gasteiger partial charge on any atom is 0.191 e. The van der Waals surface area contributed by atoms with Crippen molar-refractivity contribution < 1.29 is 14.6 Å². The van der Waals surface area contributed by atoms with Crippen LogP contribution in [0.3, 0.4) is 0 Å². The molecule has 176 valence electrons. The number of guanidine groups is 1. The van der Waals surface area contributed by atoms with Crippen LogP contribution >= 0.6 is 24.0 Å². The smallest absolute Gasteiger partial charge is 0.191 e. The van der Waals surface area contributed by atoms with Gasteiger partial charge in [-0.3, -0.25) is 9.89 Å². The SMILES string of the molecule is CCNC(=NCC1(O)CCCCC1)NCC(c1ccc(OC)cc1)N1CCOCC1.I. The highest BCUT2D eigenvalue weighted by Crippen LogP contribution is 2.28. The first-order chi connectivity index (χ1) is 14.6. The van der Waals surface area contributed by atoms with Crippen molar-refractivity contribution in [3.05, 3.63) is 29.8 Å². The summed E-state index contributed by atoms with van der Waals surface area (Å²) in [5, 5.41) is 17.6. The van der Waals surface area contributed by atoms with Gasteiger partial charge in [-0.2, -0.15) is 0 Å². The summed E-state index contributed by atoms with van der Waals surface area (Å²) in [5.41, 5.74) is 0.590. The molecule has 8 heteroatoms. The molecule has 3 rings (SSSR count). The maximum absolute atomic E-state index is 10.8. The Hall–Kier alpha value is -1.10. The fourth-order valence-corrected chi connectivity index (χ4v) is 4.30. The van der Waals surface area contributed by atoms with Crippen LogP contribution in [0.5, 0.6) is 5.75 Å². The van der Waals surface area contributed by atoms with Crippen molar-refractivity contribution in [2.75, 3.05) is 53.0 Å². The van der Waals surface area contributed by atoms with Crippen LogP contribution in [-0.4, -0.2) is 74.6 Å². The van der Waals surface area contributed by atoms with Crippen molar-refractivity contribution in [1.82, 2.24) is 15.5 Å². The topological polar surface area (TPSA) is 78.4 Å². The minimum atomic E-state index is -0.653. The number of aliphatic hydroxyl groups is 1. The molecule has 0 bridgehead atoms. The average molecular weight is 546 g/mol. The van der Waals surface area contributed by atoms with Gasteiger partial charge in [0.1, 0.15) is 5.75 Å². The predicted molar refractivity (Wildman–Crippen MR) is 136 cm³/mol. The van der Waals surface area contributed by atoms with Crippen molar-refractivity contribution in [1.29, 1.82) is 0 Å². The second-order valence-electron chi connectivity index (χ2n) is 8.30. The van der Waals surface area contributed by atoms with E-state index >= 15 is 0 Å². The number of aliphatic imine (C=N–C) groups is 1. The first-order valence-electron chi connectivity index (χ1n) is 11.3. The fraction of sp³-hybridized carbons (Fsp3) is 0.696. The molecule has 0 aromatic heterocycles. The van der Waals surface area contributed by atoms with E-state index in [0.717, 1.165) is 76.8 Å². The van der Waals surface area contributed by atoms with E-state index in [2.05, 4.69) is 34.6 Å². The van der Waals surface area contributed by atoms with E-state index in [1.54, 1.807) is 7.11 Å². The zero-order valence-corrected chi connectivity index (χ0v) is 21.3. The van der Waals surface area contributed by atoms with E-state index in [-0.39, 0.29) is 30.0 Å². The lowest BCUT2D eigenvalue weighted by Crippen LogP contribution is -2.47. The van der Waals surface area contributed by atoms with Crippen LogP contribution < -0.4 is 15.4 Å². The Balaban J connectivity index is 0.00000341. The van der Waals surface area contributed by atoms with Gasteiger partial charge in [-0.1, -0.05) is 31.4 Å². The van der Waals surface area contributed by atoms with Crippen molar-refractivity contribution in [2.24, 2.45) is 4.99 Å². The molecule has 1 saturated heterocycles. The summed E-state index contributed by atoms with van der Waals surface area (Å²) in [4.78, 5) is 7.18. The average Bonchev–Trinajstić information content (AvgIpc) is 2.79. The number of halogens is 1. The number of morpholine rings is 1. The molecule has 0 radical (unpaired) electrons. The highest BCUT2D eigenvalue weighted by Gasteiger charge is 2.29. The molecule has 1 heterocycles. The fourth-order valence-electron chi connectivity index (χ4n) is 4.30. The van der Waals surface area contributed by atoms with Gasteiger partial charge in [0.2, 0.25) is 0 Å². The van der Waals surface area contributed by atoms with Gasteiger partial charge < -0.3 is 25.2 Å². The molecule has 0 amide bonds. The van der Waals surface area contributed by atoms with Gasteiger partial charge in [0.05, 0.1) is 38.5 Å². The second-order valence-corrected chi connectivity index (χ2v) is 8.30. The Morgan fingerprint density at radius 1 is 1.16 bits per heavy atom.